The molecule has 0 amide bonds. The zero-order chi connectivity index (χ0) is 18.3. The number of nitrogens with zero attached hydrogens (tertiary/aromatic N) is 1. The van der Waals surface area contributed by atoms with Crippen molar-refractivity contribution in [3.05, 3.63) is 56.4 Å². The van der Waals surface area contributed by atoms with E-state index in [1.54, 1.807) is 20.8 Å². The summed E-state index contributed by atoms with van der Waals surface area (Å²) in [6.45, 7) is 5.24. The third-order valence-corrected chi connectivity index (χ3v) is 4.19. The zero-order valence-corrected chi connectivity index (χ0v) is 13.9. The second-order valence-electron chi connectivity index (χ2n) is 5.72. The van der Waals surface area contributed by atoms with Crippen molar-refractivity contribution in [1.29, 1.82) is 0 Å². The van der Waals surface area contributed by atoms with Gasteiger partial charge in [-0.1, -0.05) is 0 Å². The molecule has 1 aromatic carbocycles. The van der Waals surface area contributed by atoms with Crippen LogP contribution in [0.3, 0.4) is 0 Å². The van der Waals surface area contributed by atoms with Crippen molar-refractivity contribution in [3.63, 3.8) is 0 Å². The number of hydrogen-bond acceptors (Lipinski definition) is 7. The summed E-state index contributed by atoms with van der Waals surface area (Å²) in [6.07, 6.45) is 0. The van der Waals surface area contributed by atoms with Gasteiger partial charge in [0.05, 0.1) is 28.6 Å². The van der Waals surface area contributed by atoms with E-state index < -0.39 is 22.8 Å². The number of nitrogens with one attached hydrogen (secondary N) is 1. The summed E-state index contributed by atoms with van der Waals surface area (Å²) in [4.78, 5) is 35.5. The smallest absolute Gasteiger partial charge is 0.342 e. The van der Waals surface area contributed by atoms with Gasteiger partial charge < -0.3 is 14.8 Å². The topological polar surface area (TPSA) is 108 Å². The molecule has 2 heterocycles. The zero-order valence-electron chi connectivity index (χ0n) is 13.9. The summed E-state index contributed by atoms with van der Waals surface area (Å²) >= 11 is 0. The first-order valence-corrected chi connectivity index (χ1v) is 7.71. The second kappa shape index (κ2) is 6.04. The Hall–Kier alpha value is -3.16. The first-order chi connectivity index (χ1) is 11.8. The Morgan fingerprint density at radius 3 is 2.72 bits per heavy atom. The molecule has 0 saturated carbocycles. The summed E-state index contributed by atoms with van der Waals surface area (Å²) < 4.78 is 10.4. The number of benzene rings is 1. The van der Waals surface area contributed by atoms with Crippen LogP contribution in [0.1, 0.15) is 32.3 Å². The van der Waals surface area contributed by atoms with Crippen LogP contribution in [0.15, 0.2) is 40.7 Å². The van der Waals surface area contributed by atoms with E-state index in [0.29, 0.717) is 17.0 Å². The largest absolute Gasteiger partial charge is 0.463 e. The lowest BCUT2D eigenvalue weighted by atomic mass is 9.78. The molecule has 2 aliphatic rings. The lowest BCUT2D eigenvalue weighted by Gasteiger charge is -2.33. The van der Waals surface area contributed by atoms with Gasteiger partial charge in [0.1, 0.15) is 5.75 Å². The van der Waals surface area contributed by atoms with Crippen LogP contribution in [-0.4, -0.2) is 23.5 Å². The summed E-state index contributed by atoms with van der Waals surface area (Å²) in [5.41, 5.74) is 1.83. The number of nitro benzene ring substituents is 1. The van der Waals surface area contributed by atoms with Crippen LogP contribution in [0.4, 0.5) is 5.69 Å². The summed E-state index contributed by atoms with van der Waals surface area (Å²) in [7, 11) is 0. The van der Waals surface area contributed by atoms with E-state index in [1.165, 1.54) is 18.2 Å². The number of rotatable bonds is 3. The molecule has 0 aliphatic carbocycles. The Bertz CT molecular complexity index is 868. The molecule has 1 atom stereocenters. The van der Waals surface area contributed by atoms with Crippen LogP contribution in [0.2, 0.25) is 0 Å². The first kappa shape index (κ1) is 16.7. The Morgan fingerprint density at radius 1 is 1.36 bits per heavy atom. The van der Waals surface area contributed by atoms with Crippen LogP contribution < -0.4 is 10.1 Å². The van der Waals surface area contributed by atoms with Gasteiger partial charge >= 0.3 is 11.9 Å². The molecule has 1 N–H and O–H groups in total. The van der Waals surface area contributed by atoms with Gasteiger partial charge in [-0.2, -0.15) is 0 Å². The third kappa shape index (κ3) is 2.65. The molecule has 0 bridgehead atoms. The highest BCUT2D eigenvalue weighted by molar-refractivity contribution is 6.02. The highest BCUT2D eigenvalue weighted by Crippen LogP contribution is 2.46. The number of hydrogen-bond donors (Lipinski definition) is 1. The van der Waals surface area contributed by atoms with E-state index >= 15 is 0 Å². The quantitative estimate of drug-likeness (QED) is 0.388. The molecular formula is C17H16N2O6. The number of carbonyl (C=O) groups is 2. The summed E-state index contributed by atoms with van der Waals surface area (Å²) in [5.74, 6) is -1.73. The number of carbonyl (C=O) groups excluding carboxylic acids is 2. The highest BCUT2D eigenvalue weighted by atomic mass is 16.6. The molecule has 0 radical (unpaired) electrons. The maximum Gasteiger partial charge on any atom is 0.342 e. The number of allylic oxidation sites excluding steroid dienone is 2. The second-order valence-corrected chi connectivity index (χ2v) is 5.72. The normalized spacial score (nSPS) is 18.8. The molecule has 2 aliphatic heterocycles. The average molecular weight is 344 g/mol. The van der Waals surface area contributed by atoms with E-state index in [-0.39, 0.29) is 29.2 Å². The minimum Gasteiger partial charge on any atom is -0.463 e. The Kier molecular flexibility index (Phi) is 4.03. The SMILES string of the molecule is CCOC(=O)C1=C(C)NC(C)=C2C(=O)Oc3ccc([N+](=O)[O-])cc3C12. The van der Waals surface area contributed by atoms with Crippen LogP contribution in [0, 0.1) is 10.1 Å². The summed E-state index contributed by atoms with van der Waals surface area (Å²) in [6, 6.07) is 3.96. The molecular weight excluding hydrogens is 328 g/mol. The number of fused-ring (bicyclic) bond motifs is 3. The van der Waals surface area contributed by atoms with Crippen molar-refractivity contribution < 1.29 is 24.0 Å². The third-order valence-electron chi connectivity index (χ3n) is 4.19. The van der Waals surface area contributed by atoms with Gasteiger partial charge in [-0.25, -0.2) is 9.59 Å². The van der Waals surface area contributed by atoms with Crippen molar-refractivity contribution in [2.45, 2.75) is 26.7 Å². The van der Waals surface area contributed by atoms with E-state index in [2.05, 4.69) is 5.32 Å². The number of non-ortho nitro benzene ring substituents is 1. The molecule has 1 unspecified atom stereocenters. The van der Waals surface area contributed by atoms with Crippen LogP contribution in [0.5, 0.6) is 5.75 Å². The number of nitro groups is 1. The number of ether oxygens (including phenoxy) is 2. The first-order valence-electron chi connectivity index (χ1n) is 7.71. The number of esters is 2. The fraction of sp³-hybridized carbons (Fsp3) is 0.294. The maximum atomic E-state index is 12.5. The van der Waals surface area contributed by atoms with Crippen LogP contribution >= 0.6 is 0 Å². The maximum absolute atomic E-state index is 12.5. The lowest BCUT2D eigenvalue weighted by Crippen LogP contribution is -2.36. The highest BCUT2D eigenvalue weighted by Gasteiger charge is 2.43. The predicted octanol–water partition coefficient (Wildman–Crippen LogP) is 2.31. The van der Waals surface area contributed by atoms with Crippen LogP contribution in [0.25, 0.3) is 0 Å². The average Bonchev–Trinajstić information content (AvgIpc) is 2.54. The van der Waals surface area contributed by atoms with Gasteiger partial charge in [-0.05, 0) is 26.8 Å². The van der Waals surface area contributed by atoms with Crippen LogP contribution in [-0.2, 0) is 14.3 Å². The van der Waals surface area contributed by atoms with Gasteiger partial charge in [0, 0.05) is 29.1 Å². The predicted molar refractivity (Wildman–Crippen MR) is 86.6 cm³/mol. The van der Waals surface area contributed by atoms with Gasteiger partial charge in [0.25, 0.3) is 5.69 Å². The Balaban J connectivity index is 2.24. The molecule has 0 saturated heterocycles. The van der Waals surface area contributed by atoms with E-state index in [9.17, 15) is 19.7 Å². The number of dihydropyridines is 1. The molecule has 0 aromatic heterocycles. The minimum atomic E-state index is -0.767. The van der Waals surface area contributed by atoms with Crippen molar-refractivity contribution in [3.8, 4) is 5.75 Å². The fourth-order valence-electron chi connectivity index (χ4n) is 3.18. The van der Waals surface area contributed by atoms with Gasteiger partial charge in [-0.3, -0.25) is 10.1 Å². The van der Waals surface area contributed by atoms with E-state index in [0.717, 1.165) is 0 Å². The fourth-order valence-corrected chi connectivity index (χ4v) is 3.18. The summed E-state index contributed by atoms with van der Waals surface area (Å²) in [5, 5.41) is 14.1. The lowest BCUT2D eigenvalue weighted by molar-refractivity contribution is -0.385. The van der Waals surface area contributed by atoms with Gasteiger partial charge in [0.2, 0.25) is 0 Å². The van der Waals surface area contributed by atoms with Crippen molar-refractivity contribution >= 4 is 17.6 Å². The van der Waals surface area contributed by atoms with E-state index in [1.807, 2.05) is 0 Å². The Morgan fingerprint density at radius 2 is 2.08 bits per heavy atom. The molecule has 8 heteroatoms. The minimum absolute atomic E-state index is 0.145. The molecule has 8 nitrogen and oxygen atoms in total. The van der Waals surface area contributed by atoms with Crippen molar-refractivity contribution in [2.24, 2.45) is 0 Å². The molecule has 0 fully saturated rings. The molecule has 1 aromatic rings. The van der Waals surface area contributed by atoms with Crippen molar-refractivity contribution in [1.82, 2.24) is 5.32 Å². The molecule has 0 spiro atoms. The molecule has 3 rings (SSSR count). The Labute approximate surface area is 143 Å². The molecule has 130 valence electrons. The monoisotopic (exact) mass is 344 g/mol. The van der Waals surface area contributed by atoms with Gasteiger partial charge in [-0.15, -0.1) is 0 Å². The van der Waals surface area contributed by atoms with Crippen molar-refractivity contribution in [2.75, 3.05) is 6.61 Å². The van der Waals surface area contributed by atoms with Gasteiger partial charge in [0.15, 0.2) is 0 Å². The molecule has 25 heavy (non-hydrogen) atoms. The van der Waals surface area contributed by atoms with E-state index in [4.69, 9.17) is 9.47 Å². The standard InChI is InChI=1S/C17H16N2O6/c1-4-24-16(20)13-8(2)18-9(3)14-15(13)11-7-10(19(22)23)5-6-12(11)25-17(14)21/h5-7,15,18H,4H2,1-3H3.